The number of hydrogen-bond acceptors (Lipinski definition) is 6. The average Bonchev–Trinajstić information content (AvgIpc) is 3.34. The van der Waals surface area contributed by atoms with Crippen LogP contribution in [-0.4, -0.2) is 80.0 Å². The fourth-order valence-corrected chi connectivity index (χ4v) is 4.17. The number of aromatic amines is 1. The smallest absolute Gasteiger partial charge is 0.407 e. The number of nitrogens with zero attached hydrogens (tertiary/aromatic N) is 5. The fourth-order valence-electron chi connectivity index (χ4n) is 4.17. The van der Waals surface area contributed by atoms with Crippen LogP contribution >= 0.6 is 0 Å². The second kappa shape index (κ2) is 13.7. The van der Waals surface area contributed by atoms with Gasteiger partial charge in [-0.15, -0.1) is 0 Å². The highest BCUT2D eigenvalue weighted by Crippen LogP contribution is 2.21. The Balaban J connectivity index is 1.80. The molecule has 12 nitrogen and oxygen atoms in total. The molecule has 0 unspecified atom stereocenters. The van der Waals surface area contributed by atoms with E-state index in [9.17, 15) is 28.7 Å². The molecule has 0 aliphatic rings. The molecule has 41 heavy (non-hydrogen) atoms. The second-order valence-electron chi connectivity index (χ2n) is 10.5. The van der Waals surface area contributed by atoms with E-state index in [-0.39, 0.29) is 42.5 Å². The van der Waals surface area contributed by atoms with Crippen molar-refractivity contribution >= 4 is 34.6 Å². The first-order valence-electron chi connectivity index (χ1n) is 13.2. The Morgan fingerprint density at radius 1 is 1.24 bits per heavy atom. The van der Waals surface area contributed by atoms with E-state index in [1.165, 1.54) is 34.9 Å². The van der Waals surface area contributed by atoms with Gasteiger partial charge in [-0.2, -0.15) is 0 Å². The zero-order chi connectivity index (χ0) is 30.3. The van der Waals surface area contributed by atoms with Crippen molar-refractivity contribution in [2.75, 3.05) is 33.0 Å². The highest BCUT2D eigenvalue weighted by atomic mass is 19.1. The molecule has 3 amide bonds. The summed E-state index contributed by atoms with van der Waals surface area (Å²) in [6.45, 7) is 3.94. The molecule has 0 bridgehead atoms. The number of fused-ring (bicyclic) bond motifs is 1. The minimum Gasteiger partial charge on any atom is -0.465 e. The lowest BCUT2D eigenvalue weighted by atomic mass is 10.0. The van der Waals surface area contributed by atoms with Gasteiger partial charge in [-0.3, -0.25) is 19.4 Å². The molecule has 0 saturated carbocycles. The summed E-state index contributed by atoms with van der Waals surface area (Å²) in [6, 6.07) is 3.04. The molecule has 0 aliphatic carbocycles. The van der Waals surface area contributed by atoms with Crippen LogP contribution in [-0.2, 0) is 22.6 Å². The van der Waals surface area contributed by atoms with Crippen molar-refractivity contribution in [2.24, 2.45) is 11.8 Å². The van der Waals surface area contributed by atoms with Gasteiger partial charge in [-0.1, -0.05) is 19.9 Å². The maximum atomic E-state index is 14.4. The van der Waals surface area contributed by atoms with Crippen LogP contribution in [0.3, 0.4) is 0 Å². The van der Waals surface area contributed by atoms with Gasteiger partial charge in [0.2, 0.25) is 11.8 Å². The van der Waals surface area contributed by atoms with Gasteiger partial charge in [0.15, 0.2) is 5.82 Å². The van der Waals surface area contributed by atoms with Crippen molar-refractivity contribution in [2.45, 2.75) is 39.7 Å². The van der Waals surface area contributed by atoms with Gasteiger partial charge >= 0.3 is 6.09 Å². The first-order chi connectivity index (χ1) is 19.4. The number of aromatic nitrogens is 4. The Morgan fingerprint density at radius 2 is 1.98 bits per heavy atom. The van der Waals surface area contributed by atoms with Crippen molar-refractivity contribution in [3.05, 3.63) is 64.4 Å². The quantitative estimate of drug-likeness (QED) is 0.283. The maximum Gasteiger partial charge on any atom is 0.407 e. The fraction of sp³-hybridized carbons (Fsp3) is 0.429. The number of amides is 3. The van der Waals surface area contributed by atoms with Crippen LogP contribution in [0.2, 0.25) is 0 Å². The van der Waals surface area contributed by atoms with E-state index in [1.54, 1.807) is 26.2 Å². The SMILES string of the molecule is CC(C)Cc1ncc(F)c2[nH]c(Cn3cccc(NC(=O)[C@@H](CC/C=C/C(=O)N(C)C)CN(C)C(=O)O)c3=O)nc12. The van der Waals surface area contributed by atoms with E-state index in [0.29, 0.717) is 29.9 Å². The van der Waals surface area contributed by atoms with Crippen LogP contribution < -0.4 is 10.9 Å². The highest BCUT2D eigenvalue weighted by Gasteiger charge is 2.23. The number of allylic oxidation sites excluding steroid dienone is 1. The lowest BCUT2D eigenvalue weighted by Gasteiger charge is -2.21. The van der Waals surface area contributed by atoms with Crippen LogP contribution in [0, 0.1) is 17.7 Å². The van der Waals surface area contributed by atoms with Gasteiger partial charge < -0.3 is 29.8 Å². The molecule has 3 aromatic rings. The second-order valence-corrected chi connectivity index (χ2v) is 10.5. The number of halogens is 1. The number of likely N-dealkylation sites (N-methyl/N-ethyl adjacent to an activating group) is 1. The summed E-state index contributed by atoms with van der Waals surface area (Å²) in [6.07, 6.45) is 5.70. The lowest BCUT2D eigenvalue weighted by molar-refractivity contribution is -0.123. The van der Waals surface area contributed by atoms with E-state index in [1.807, 2.05) is 13.8 Å². The Morgan fingerprint density at radius 3 is 2.63 bits per heavy atom. The minimum absolute atomic E-state index is 0.00302. The Bertz CT molecular complexity index is 1490. The van der Waals surface area contributed by atoms with Gasteiger partial charge in [0.25, 0.3) is 5.56 Å². The number of rotatable bonds is 12. The van der Waals surface area contributed by atoms with Crippen molar-refractivity contribution in [1.29, 1.82) is 0 Å². The number of pyridine rings is 2. The monoisotopic (exact) mass is 569 g/mol. The van der Waals surface area contributed by atoms with Crippen LogP contribution in [0.1, 0.15) is 38.2 Å². The molecule has 0 spiro atoms. The summed E-state index contributed by atoms with van der Waals surface area (Å²) in [5.41, 5.74) is 0.783. The summed E-state index contributed by atoms with van der Waals surface area (Å²) in [4.78, 5) is 63.5. The summed E-state index contributed by atoms with van der Waals surface area (Å²) >= 11 is 0. The first-order valence-corrected chi connectivity index (χ1v) is 13.2. The lowest BCUT2D eigenvalue weighted by Crippen LogP contribution is -2.37. The molecule has 0 aromatic carbocycles. The normalized spacial score (nSPS) is 12.2. The molecule has 3 aromatic heterocycles. The van der Waals surface area contributed by atoms with E-state index in [4.69, 9.17) is 0 Å². The molecular weight excluding hydrogens is 533 g/mol. The van der Waals surface area contributed by atoms with Crippen LogP contribution in [0.15, 0.2) is 41.5 Å². The van der Waals surface area contributed by atoms with Crippen molar-refractivity contribution in [3.8, 4) is 0 Å². The number of hydrogen-bond donors (Lipinski definition) is 3. The molecular formula is C28H36FN7O5. The molecule has 1 atom stereocenters. The number of imidazole rings is 1. The molecule has 0 radical (unpaired) electrons. The summed E-state index contributed by atoms with van der Waals surface area (Å²) in [7, 11) is 4.58. The topological polar surface area (TPSA) is 154 Å². The van der Waals surface area contributed by atoms with Crippen molar-refractivity contribution < 1.29 is 23.9 Å². The first kappa shape index (κ1) is 31.0. The van der Waals surface area contributed by atoms with Crippen LogP contribution in [0.25, 0.3) is 11.0 Å². The largest absolute Gasteiger partial charge is 0.465 e. The number of nitrogens with one attached hydrogen (secondary N) is 2. The zero-order valence-corrected chi connectivity index (χ0v) is 23.8. The Labute approximate surface area is 236 Å². The van der Waals surface area contributed by atoms with E-state index in [0.717, 1.165) is 11.1 Å². The number of carboxylic acid groups (broad SMARTS) is 1. The third-order valence-electron chi connectivity index (χ3n) is 6.37. The molecule has 13 heteroatoms. The van der Waals surface area contributed by atoms with Gasteiger partial charge in [0.1, 0.15) is 22.5 Å². The molecule has 220 valence electrons. The average molecular weight is 570 g/mol. The van der Waals surface area contributed by atoms with Crippen molar-refractivity contribution in [1.82, 2.24) is 29.3 Å². The van der Waals surface area contributed by atoms with E-state index in [2.05, 4.69) is 20.3 Å². The third kappa shape index (κ3) is 8.22. The van der Waals surface area contributed by atoms with Gasteiger partial charge in [0, 0.05) is 33.9 Å². The Hall–Kier alpha value is -4.55. The van der Waals surface area contributed by atoms with E-state index >= 15 is 0 Å². The maximum absolute atomic E-state index is 14.4. The highest BCUT2D eigenvalue weighted by molar-refractivity contribution is 5.92. The molecule has 0 aliphatic heterocycles. The van der Waals surface area contributed by atoms with E-state index < -0.39 is 29.3 Å². The summed E-state index contributed by atoms with van der Waals surface area (Å²) in [5, 5.41) is 11.9. The van der Waals surface area contributed by atoms with Gasteiger partial charge in [-0.25, -0.2) is 14.2 Å². The van der Waals surface area contributed by atoms with Gasteiger partial charge in [0.05, 0.1) is 24.4 Å². The number of carbonyl (C=O) groups excluding carboxylic acids is 2. The number of H-pyrrole nitrogens is 1. The standard InChI is InChI=1S/C28H36FN7O5/c1-17(2)13-21-25-24(19(29)14-30-21)32-22(33-25)16-36-12-8-10-20(27(36)39)31-26(38)18(15-35(5)28(40)41)9-6-7-11-23(37)34(3)4/h7-8,10-12,14,17-18H,6,9,13,15-16H2,1-5H3,(H,31,38)(H,32,33)(H,40,41)/b11-7+/t18-/m0/s1. The molecule has 3 heterocycles. The zero-order valence-electron chi connectivity index (χ0n) is 23.8. The summed E-state index contributed by atoms with van der Waals surface area (Å²) < 4.78 is 15.8. The molecule has 0 saturated heterocycles. The Kier molecular flexibility index (Phi) is 10.3. The third-order valence-corrected chi connectivity index (χ3v) is 6.37. The van der Waals surface area contributed by atoms with Crippen molar-refractivity contribution in [3.63, 3.8) is 0 Å². The predicted octanol–water partition coefficient (Wildman–Crippen LogP) is 3.09. The number of carbonyl (C=O) groups is 3. The summed E-state index contributed by atoms with van der Waals surface area (Å²) in [5.74, 6) is -1.43. The minimum atomic E-state index is -1.20. The predicted molar refractivity (Wildman–Crippen MR) is 152 cm³/mol. The molecule has 3 rings (SSSR count). The number of anilines is 1. The molecule has 0 fully saturated rings. The van der Waals surface area contributed by atoms with Crippen LogP contribution in [0.5, 0.6) is 0 Å². The van der Waals surface area contributed by atoms with Crippen LogP contribution in [0.4, 0.5) is 14.9 Å². The van der Waals surface area contributed by atoms with Gasteiger partial charge in [-0.05, 0) is 43.4 Å². The molecule has 3 N–H and O–H groups in total.